The third kappa shape index (κ3) is 1.53. The summed E-state index contributed by atoms with van der Waals surface area (Å²) in [6.45, 7) is 4.06. The second kappa shape index (κ2) is 3.74. The summed E-state index contributed by atoms with van der Waals surface area (Å²) in [5, 5.41) is 20.6. The fourth-order valence-corrected chi connectivity index (χ4v) is 3.98. The van der Waals surface area contributed by atoms with E-state index in [1.807, 2.05) is 6.92 Å². The lowest BCUT2D eigenvalue weighted by atomic mass is 9.65. The van der Waals surface area contributed by atoms with Gasteiger partial charge in [0.1, 0.15) is 0 Å². The highest BCUT2D eigenvalue weighted by Gasteiger charge is 2.59. The first-order valence-corrected chi connectivity index (χ1v) is 6.41. The van der Waals surface area contributed by atoms with Crippen molar-refractivity contribution in [2.24, 2.45) is 11.3 Å². The Morgan fingerprint density at radius 1 is 1.07 bits per heavy atom. The van der Waals surface area contributed by atoms with Crippen molar-refractivity contribution >= 4 is 0 Å². The summed E-state index contributed by atoms with van der Waals surface area (Å²) >= 11 is 0. The van der Waals surface area contributed by atoms with Crippen LogP contribution in [0.1, 0.15) is 58.8 Å². The van der Waals surface area contributed by atoms with Crippen LogP contribution in [0.2, 0.25) is 0 Å². The molecule has 0 aromatic heterocycles. The van der Waals surface area contributed by atoms with Gasteiger partial charge in [0.05, 0.1) is 11.7 Å². The molecule has 0 aromatic carbocycles. The molecule has 0 aromatic rings. The highest BCUT2D eigenvalue weighted by molar-refractivity contribution is 5.09. The number of aliphatic hydroxyl groups excluding tert-OH is 1. The van der Waals surface area contributed by atoms with Gasteiger partial charge in [0.15, 0.2) is 0 Å². The largest absolute Gasteiger partial charge is 0.390 e. The topological polar surface area (TPSA) is 40.5 Å². The zero-order chi connectivity index (χ0) is 11.1. The van der Waals surface area contributed by atoms with Crippen molar-refractivity contribution in [2.75, 3.05) is 0 Å². The summed E-state index contributed by atoms with van der Waals surface area (Å²) in [5.74, 6) is 0.459. The molecule has 0 heterocycles. The van der Waals surface area contributed by atoms with Crippen molar-refractivity contribution in [3.05, 3.63) is 0 Å². The minimum Gasteiger partial charge on any atom is -0.390 e. The highest BCUT2D eigenvalue weighted by Crippen LogP contribution is 2.57. The van der Waals surface area contributed by atoms with Gasteiger partial charge in [-0.1, -0.05) is 32.6 Å². The molecular weight excluding hydrogens is 188 g/mol. The molecule has 2 fully saturated rings. The number of hydrogen-bond donors (Lipinski definition) is 2. The van der Waals surface area contributed by atoms with Gasteiger partial charge in [0.25, 0.3) is 0 Å². The Morgan fingerprint density at radius 2 is 1.60 bits per heavy atom. The maximum Gasteiger partial charge on any atom is 0.0935 e. The Morgan fingerprint density at radius 3 is 2.00 bits per heavy atom. The molecule has 0 aliphatic heterocycles. The van der Waals surface area contributed by atoms with Gasteiger partial charge >= 0.3 is 0 Å². The maximum absolute atomic E-state index is 10.6. The molecule has 88 valence electrons. The minimum atomic E-state index is -0.864. The average molecular weight is 212 g/mol. The summed E-state index contributed by atoms with van der Waals surface area (Å²) in [6.07, 6.45) is 7.45. The van der Waals surface area contributed by atoms with Crippen molar-refractivity contribution in [3.63, 3.8) is 0 Å². The quantitative estimate of drug-likeness (QED) is 0.647. The van der Waals surface area contributed by atoms with Crippen LogP contribution in [0.5, 0.6) is 0 Å². The summed E-state index contributed by atoms with van der Waals surface area (Å²) in [5.41, 5.74) is -0.875. The van der Waals surface area contributed by atoms with Crippen LogP contribution in [0.15, 0.2) is 0 Å². The highest BCUT2D eigenvalue weighted by atomic mass is 16.3. The molecule has 2 heteroatoms. The molecule has 2 aliphatic rings. The summed E-state index contributed by atoms with van der Waals surface area (Å²) in [4.78, 5) is 0. The van der Waals surface area contributed by atoms with E-state index in [0.29, 0.717) is 5.92 Å². The summed E-state index contributed by atoms with van der Waals surface area (Å²) in [6, 6.07) is 0. The van der Waals surface area contributed by atoms with Crippen LogP contribution in [0.4, 0.5) is 0 Å². The van der Waals surface area contributed by atoms with Crippen LogP contribution in [0, 0.1) is 11.3 Å². The fraction of sp³-hybridized carbons (Fsp3) is 1.00. The van der Waals surface area contributed by atoms with E-state index < -0.39 is 11.7 Å². The van der Waals surface area contributed by atoms with Gasteiger partial charge in [-0.15, -0.1) is 0 Å². The van der Waals surface area contributed by atoms with Gasteiger partial charge in [0, 0.05) is 5.41 Å². The predicted octanol–water partition coefficient (Wildman–Crippen LogP) is 2.48. The minimum absolute atomic E-state index is 0.0110. The van der Waals surface area contributed by atoms with Crippen molar-refractivity contribution in [3.8, 4) is 0 Å². The molecule has 2 aliphatic carbocycles. The Kier molecular flexibility index (Phi) is 2.85. The van der Waals surface area contributed by atoms with Crippen LogP contribution < -0.4 is 0 Å². The third-order valence-corrected chi connectivity index (χ3v) is 5.17. The smallest absolute Gasteiger partial charge is 0.0935 e. The van der Waals surface area contributed by atoms with Crippen LogP contribution in [-0.2, 0) is 0 Å². The number of hydrogen-bond acceptors (Lipinski definition) is 2. The first kappa shape index (κ1) is 11.4. The molecule has 0 saturated heterocycles. The monoisotopic (exact) mass is 212 g/mol. The molecule has 2 saturated carbocycles. The Labute approximate surface area is 92.7 Å². The zero-order valence-electron chi connectivity index (χ0n) is 10.00. The molecule has 2 N–H and O–H groups in total. The second-order valence-corrected chi connectivity index (χ2v) is 5.87. The van der Waals surface area contributed by atoms with E-state index in [4.69, 9.17) is 0 Å². The van der Waals surface area contributed by atoms with Crippen LogP contribution in [0.3, 0.4) is 0 Å². The predicted molar refractivity (Wildman–Crippen MR) is 60.5 cm³/mol. The van der Waals surface area contributed by atoms with Gasteiger partial charge in [-0.05, 0) is 32.1 Å². The normalized spacial score (nSPS) is 45.6. The molecule has 1 spiro atoms. The average Bonchev–Trinajstić information content (AvgIpc) is 2.40. The fourth-order valence-electron chi connectivity index (χ4n) is 3.98. The van der Waals surface area contributed by atoms with Crippen molar-refractivity contribution in [2.45, 2.75) is 70.5 Å². The molecule has 2 nitrogen and oxygen atoms in total. The van der Waals surface area contributed by atoms with Gasteiger partial charge in [0.2, 0.25) is 0 Å². The van der Waals surface area contributed by atoms with Gasteiger partial charge in [-0.2, -0.15) is 0 Å². The van der Waals surface area contributed by atoms with E-state index in [-0.39, 0.29) is 5.41 Å². The first-order chi connectivity index (χ1) is 7.01. The van der Waals surface area contributed by atoms with E-state index in [0.717, 1.165) is 19.3 Å². The van der Waals surface area contributed by atoms with E-state index >= 15 is 0 Å². The number of rotatable bonds is 0. The maximum atomic E-state index is 10.6. The van der Waals surface area contributed by atoms with Crippen LogP contribution in [-0.4, -0.2) is 21.9 Å². The van der Waals surface area contributed by atoms with Crippen molar-refractivity contribution < 1.29 is 10.2 Å². The lowest BCUT2D eigenvalue weighted by Crippen LogP contribution is -2.49. The molecule has 2 rings (SSSR count). The summed E-state index contributed by atoms with van der Waals surface area (Å²) in [7, 11) is 0. The van der Waals surface area contributed by atoms with E-state index in [9.17, 15) is 10.2 Å². The molecule has 1 unspecified atom stereocenters. The van der Waals surface area contributed by atoms with Crippen molar-refractivity contribution in [1.82, 2.24) is 0 Å². The molecule has 0 radical (unpaired) electrons. The Bertz CT molecular complexity index is 227. The SMILES string of the molecule is C[C@H]1CC(O)[C@](C)(O)C12CCCCCC2. The third-order valence-electron chi connectivity index (χ3n) is 5.17. The van der Waals surface area contributed by atoms with E-state index in [1.54, 1.807) is 0 Å². The molecule has 0 amide bonds. The Balaban J connectivity index is 2.29. The van der Waals surface area contributed by atoms with Crippen LogP contribution in [0.25, 0.3) is 0 Å². The lowest BCUT2D eigenvalue weighted by molar-refractivity contribution is -0.122. The standard InChI is InChI=1S/C13H24O2/c1-10-9-11(14)12(2,15)13(10)7-5-3-4-6-8-13/h10-11,14-15H,3-9H2,1-2H3/t10-,11?,12-/m0/s1. The van der Waals surface area contributed by atoms with Crippen molar-refractivity contribution in [1.29, 1.82) is 0 Å². The Hall–Kier alpha value is -0.0800. The molecule has 3 atom stereocenters. The van der Waals surface area contributed by atoms with E-state index in [2.05, 4.69) is 6.92 Å². The summed E-state index contributed by atoms with van der Waals surface area (Å²) < 4.78 is 0. The van der Waals surface area contributed by atoms with Gasteiger partial charge < -0.3 is 10.2 Å². The van der Waals surface area contributed by atoms with E-state index in [1.165, 1.54) is 25.7 Å². The van der Waals surface area contributed by atoms with Gasteiger partial charge in [-0.3, -0.25) is 0 Å². The molecule has 0 bridgehead atoms. The lowest BCUT2D eigenvalue weighted by Gasteiger charge is -2.43. The van der Waals surface area contributed by atoms with Gasteiger partial charge in [-0.25, -0.2) is 0 Å². The van der Waals surface area contributed by atoms with Crippen LogP contribution >= 0.6 is 0 Å². The zero-order valence-corrected chi connectivity index (χ0v) is 10.00. The molecule has 15 heavy (non-hydrogen) atoms. The second-order valence-electron chi connectivity index (χ2n) is 5.87. The molecular formula is C13H24O2. The first-order valence-electron chi connectivity index (χ1n) is 6.41. The number of aliphatic hydroxyl groups is 2.